The van der Waals surface area contributed by atoms with Crippen LogP contribution in [0.5, 0.6) is 0 Å². The Bertz CT molecular complexity index is 539. The number of carbonyl (C=O) groups is 2. The number of aliphatic hydroxyl groups is 1. The van der Waals surface area contributed by atoms with Crippen molar-refractivity contribution in [2.45, 2.75) is 44.1 Å². The molecule has 0 aromatic heterocycles. The van der Waals surface area contributed by atoms with E-state index in [0.29, 0.717) is 24.9 Å². The van der Waals surface area contributed by atoms with Gasteiger partial charge in [-0.05, 0) is 43.5 Å². The highest BCUT2D eigenvalue weighted by Gasteiger charge is 2.34. The van der Waals surface area contributed by atoms with Crippen molar-refractivity contribution in [2.75, 3.05) is 13.2 Å². The average Bonchev–Trinajstić information content (AvgIpc) is 3.01. The summed E-state index contributed by atoms with van der Waals surface area (Å²) in [5, 5.41) is 15.1. The molecular formula is C17H23FN2O3. The van der Waals surface area contributed by atoms with E-state index in [1.165, 1.54) is 24.3 Å². The molecule has 2 rings (SSSR count). The van der Waals surface area contributed by atoms with Crippen LogP contribution in [0.2, 0.25) is 0 Å². The minimum atomic E-state index is -0.450. The van der Waals surface area contributed by atoms with Crippen LogP contribution in [-0.2, 0) is 4.79 Å². The van der Waals surface area contributed by atoms with Crippen LogP contribution in [-0.4, -0.2) is 35.6 Å². The molecule has 0 radical (unpaired) electrons. The van der Waals surface area contributed by atoms with Gasteiger partial charge in [0.05, 0.1) is 12.1 Å². The summed E-state index contributed by atoms with van der Waals surface area (Å²) in [6.07, 6.45) is 4.49. The molecule has 1 fully saturated rings. The SMILES string of the molecule is O=C(CCCNC(=O)c1ccc(F)cc1)NC1(CO)CCCC1. The summed E-state index contributed by atoms with van der Waals surface area (Å²) in [6.45, 7) is 0.343. The molecule has 1 saturated carbocycles. The fraction of sp³-hybridized carbons (Fsp3) is 0.529. The van der Waals surface area contributed by atoms with Gasteiger partial charge in [-0.3, -0.25) is 9.59 Å². The van der Waals surface area contributed by atoms with Gasteiger partial charge in [-0.1, -0.05) is 12.8 Å². The van der Waals surface area contributed by atoms with E-state index in [0.717, 1.165) is 25.7 Å². The van der Waals surface area contributed by atoms with Gasteiger partial charge in [0.1, 0.15) is 5.82 Å². The van der Waals surface area contributed by atoms with Crippen LogP contribution in [0.4, 0.5) is 4.39 Å². The molecule has 6 heteroatoms. The highest BCUT2D eigenvalue weighted by atomic mass is 19.1. The molecule has 0 unspecified atom stereocenters. The summed E-state index contributed by atoms with van der Waals surface area (Å²) < 4.78 is 12.8. The summed E-state index contributed by atoms with van der Waals surface area (Å²) in [5.74, 6) is -0.770. The fourth-order valence-electron chi connectivity index (χ4n) is 2.89. The van der Waals surface area contributed by atoms with E-state index in [1.807, 2.05) is 0 Å². The Balaban J connectivity index is 1.67. The third-order valence-corrected chi connectivity index (χ3v) is 4.24. The molecule has 0 bridgehead atoms. The molecule has 23 heavy (non-hydrogen) atoms. The molecule has 0 saturated heterocycles. The first-order chi connectivity index (χ1) is 11.0. The largest absolute Gasteiger partial charge is 0.394 e. The average molecular weight is 322 g/mol. The van der Waals surface area contributed by atoms with Crippen molar-refractivity contribution in [1.29, 1.82) is 0 Å². The van der Waals surface area contributed by atoms with Gasteiger partial charge in [-0.2, -0.15) is 0 Å². The quantitative estimate of drug-likeness (QED) is 0.669. The van der Waals surface area contributed by atoms with Crippen molar-refractivity contribution in [3.63, 3.8) is 0 Å². The summed E-state index contributed by atoms with van der Waals surface area (Å²) >= 11 is 0. The second kappa shape index (κ2) is 8.06. The van der Waals surface area contributed by atoms with Crippen LogP contribution < -0.4 is 10.6 Å². The Morgan fingerprint density at radius 2 is 1.83 bits per heavy atom. The number of aliphatic hydroxyl groups excluding tert-OH is 1. The Morgan fingerprint density at radius 1 is 1.17 bits per heavy atom. The van der Waals surface area contributed by atoms with Crippen molar-refractivity contribution >= 4 is 11.8 Å². The third-order valence-electron chi connectivity index (χ3n) is 4.24. The molecule has 3 N–H and O–H groups in total. The lowest BCUT2D eigenvalue weighted by Gasteiger charge is -2.28. The van der Waals surface area contributed by atoms with Gasteiger partial charge in [-0.15, -0.1) is 0 Å². The highest BCUT2D eigenvalue weighted by molar-refractivity contribution is 5.94. The van der Waals surface area contributed by atoms with Gasteiger partial charge in [0.25, 0.3) is 5.91 Å². The number of benzene rings is 1. The van der Waals surface area contributed by atoms with Crippen LogP contribution in [0.25, 0.3) is 0 Å². The Hall–Kier alpha value is -1.95. The highest BCUT2D eigenvalue weighted by Crippen LogP contribution is 2.29. The molecule has 1 aromatic rings. The molecule has 0 heterocycles. The normalized spacial score (nSPS) is 16.1. The van der Waals surface area contributed by atoms with Gasteiger partial charge in [-0.25, -0.2) is 4.39 Å². The molecule has 1 aliphatic rings. The van der Waals surface area contributed by atoms with Crippen LogP contribution >= 0.6 is 0 Å². The first kappa shape index (κ1) is 17.4. The lowest BCUT2D eigenvalue weighted by molar-refractivity contribution is -0.123. The second-order valence-corrected chi connectivity index (χ2v) is 6.06. The summed E-state index contributed by atoms with van der Waals surface area (Å²) in [5.41, 5.74) is -0.0601. The zero-order chi connectivity index (χ0) is 16.7. The number of halogens is 1. The number of hydrogen-bond donors (Lipinski definition) is 3. The van der Waals surface area contributed by atoms with Crippen molar-refractivity contribution in [3.8, 4) is 0 Å². The van der Waals surface area contributed by atoms with E-state index in [2.05, 4.69) is 10.6 Å². The molecule has 2 amide bonds. The number of carbonyl (C=O) groups excluding carboxylic acids is 2. The number of nitrogens with one attached hydrogen (secondary N) is 2. The standard InChI is InChI=1S/C17H23FN2O3/c18-14-7-5-13(6-8-14)16(23)19-11-3-4-15(22)20-17(12-21)9-1-2-10-17/h5-8,21H,1-4,9-12H2,(H,19,23)(H,20,22). The molecular weight excluding hydrogens is 299 g/mol. The zero-order valence-electron chi connectivity index (χ0n) is 13.1. The molecule has 126 valence electrons. The third kappa shape index (κ3) is 5.03. The first-order valence-electron chi connectivity index (χ1n) is 8.00. The maximum Gasteiger partial charge on any atom is 0.251 e. The van der Waals surface area contributed by atoms with Gasteiger partial charge >= 0.3 is 0 Å². The molecule has 0 spiro atoms. The summed E-state index contributed by atoms with van der Waals surface area (Å²) in [7, 11) is 0. The smallest absolute Gasteiger partial charge is 0.251 e. The maximum absolute atomic E-state index is 12.8. The van der Waals surface area contributed by atoms with E-state index in [1.54, 1.807) is 0 Å². The van der Waals surface area contributed by atoms with Gasteiger partial charge in [0.15, 0.2) is 0 Å². The lowest BCUT2D eigenvalue weighted by atomic mass is 9.98. The molecule has 5 nitrogen and oxygen atoms in total. The number of rotatable bonds is 7. The monoisotopic (exact) mass is 322 g/mol. The number of hydrogen-bond acceptors (Lipinski definition) is 3. The van der Waals surface area contributed by atoms with Gasteiger partial charge in [0, 0.05) is 18.5 Å². The Kier molecular flexibility index (Phi) is 6.10. The van der Waals surface area contributed by atoms with E-state index in [-0.39, 0.29) is 24.2 Å². The van der Waals surface area contributed by atoms with Crippen molar-refractivity contribution < 1.29 is 19.1 Å². The molecule has 1 aliphatic carbocycles. The van der Waals surface area contributed by atoms with E-state index >= 15 is 0 Å². The topological polar surface area (TPSA) is 78.4 Å². The minimum Gasteiger partial charge on any atom is -0.394 e. The predicted octanol–water partition coefficient (Wildman–Crippen LogP) is 1.76. The summed E-state index contributed by atoms with van der Waals surface area (Å²) in [6, 6.07) is 5.31. The van der Waals surface area contributed by atoms with E-state index in [4.69, 9.17) is 0 Å². The lowest BCUT2D eigenvalue weighted by Crippen LogP contribution is -2.49. The fourth-order valence-corrected chi connectivity index (χ4v) is 2.89. The van der Waals surface area contributed by atoms with Crippen molar-refractivity contribution in [2.24, 2.45) is 0 Å². The Labute approximate surface area is 135 Å². The van der Waals surface area contributed by atoms with Gasteiger partial charge in [0.2, 0.25) is 5.91 Å². The van der Waals surface area contributed by atoms with Crippen molar-refractivity contribution in [3.05, 3.63) is 35.6 Å². The molecule has 0 aliphatic heterocycles. The minimum absolute atomic E-state index is 0.0277. The zero-order valence-corrected chi connectivity index (χ0v) is 13.1. The van der Waals surface area contributed by atoms with E-state index in [9.17, 15) is 19.1 Å². The molecule has 0 atom stereocenters. The second-order valence-electron chi connectivity index (χ2n) is 6.06. The first-order valence-corrected chi connectivity index (χ1v) is 8.00. The van der Waals surface area contributed by atoms with E-state index < -0.39 is 5.54 Å². The maximum atomic E-state index is 12.8. The van der Waals surface area contributed by atoms with Gasteiger partial charge < -0.3 is 15.7 Å². The predicted molar refractivity (Wildman–Crippen MR) is 84.4 cm³/mol. The van der Waals surface area contributed by atoms with Crippen molar-refractivity contribution in [1.82, 2.24) is 10.6 Å². The summed E-state index contributed by atoms with van der Waals surface area (Å²) in [4.78, 5) is 23.7. The van der Waals surface area contributed by atoms with Crippen LogP contribution in [0.15, 0.2) is 24.3 Å². The van der Waals surface area contributed by atoms with Crippen LogP contribution in [0.1, 0.15) is 48.9 Å². The molecule has 1 aromatic carbocycles. The van der Waals surface area contributed by atoms with Crippen LogP contribution in [0, 0.1) is 5.82 Å². The van der Waals surface area contributed by atoms with Crippen LogP contribution in [0.3, 0.4) is 0 Å². The number of amides is 2. The Morgan fingerprint density at radius 3 is 2.43 bits per heavy atom.